The van der Waals surface area contributed by atoms with Gasteiger partial charge in [-0.05, 0) is 122 Å². The van der Waals surface area contributed by atoms with Crippen molar-refractivity contribution < 1.29 is 38.3 Å². The number of phenols is 1. The lowest BCUT2D eigenvalue weighted by molar-refractivity contribution is -0.130. The molecule has 0 spiro atoms. The van der Waals surface area contributed by atoms with Gasteiger partial charge in [0.1, 0.15) is 35.1 Å². The summed E-state index contributed by atoms with van der Waals surface area (Å²) in [5.41, 5.74) is 12.6. The number of nitrogens with two attached hydrogens (primary N) is 2. The molecule has 3 aromatic rings. The molecule has 3 rings (SSSR count). The van der Waals surface area contributed by atoms with Gasteiger partial charge in [0.25, 0.3) is 0 Å². The van der Waals surface area contributed by atoms with E-state index in [1.807, 2.05) is 30.3 Å². The predicted octanol–water partition coefficient (Wildman–Crippen LogP) is 4.51. The summed E-state index contributed by atoms with van der Waals surface area (Å²) in [6, 6.07) is 9.72. The standard InChI is InChI=1S/C41H61N9O8/c1-25-21-28(51)22-26(2)29(25)24-32(47-34(52)30(18-14-20-44-37(42)43)48-39(55)57-41(6,7)8)35(53)46-31(17-12-13-19-45-38(54)56-40(3,4)5)36-49-33(50-58-36)23-27-15-10-9-11-16-27/h9-11,15-16,21-22,30-32,51H,12-14,17-20,23-24H2,1-8H3,(H,45,54)(H,46,53)(H,47,52)(H,48,55)(H4,42,43,44)/t30-,31-,32-/m1/s1. The topological polar surface area (TPSA) is 258 Å². The molecule has 0 fully saturated rings. The minimum atomic E-state index is -1.17. The lowest BCUT2D eigenvalue weighted by Crippen LogP contribution is -2.55. The van der Waals surface area contributed by atoms with Crippen LogP contribution in [0.3, 0.4) is 0 Å². The molecule has 0 saturated carbocycles. The smallest absolute Gasteiger partial charge is 0.408 e. The van der Waals surface area contributed by atoms with Gasteiger partial charge in [0.15, 0.2) is 11.8 Å². The second-order valence-corrected chi connectivity index (χ2v) is 16.2. The molecule has 4 amide bonds. The van der Waals surface area contributed by atoms with Crippen LogP contribution < -0.4 is 32.7 Å². The number of phenolic OH excluding ortho intramolecular Hbond substituents is 1. The van der Waals surface area contributed by atoms with Crippen molar-refractivity contribution in [3.8, 4) is 5.75 Å². The van der Waals surface area contributed by atoms with Crippen molar-refractivity contribution >= 4 is 30.0 Å². The van der Waals surface area contributed by atoms with Gasteiger partial charge in [-0.1, -0.05) is 35.5 Å². The Bertz CT molecular complexity index is 1820. The normalized spacial score (nSPS) is 13.0. The van der Waals surface area contributed by atoms with Crippen molar-refractivity contribution in [2.24, 2.45) is 16.5 Å². The average Bonchev–Trinajstić information content (AvgIpc) is 3.56. The van der Waals surface area contributed by atoms with Crippen LogP contribution in [0.4, 0.5) is 9.59 Å². The molecule has 9 N–H and O–H groups in total. The molecule has 3 atom stereocenters. The first-order valence-electron chi connectivity index (χ1n) is 19.5. The number of amides is 4. The molecule has 0 radical (unpaired) electrons. The molecule has 0 unspecified atom stereocenters. The van der Waals surface area contributed by atoms with E-state index in [4.69, 9.17) is 25.5 Å². The monoisotopic (exact) mass is 807 g/mol. The van der Waals surface area contributed by atoms with Gasteiger partial charge in [0.2, 0.25) is 17.7 Å². The molecule has 0 aliphatic rings. The third kappa shape index (κ3) is 17.1. The summed E-state index contributed by atoms with van der Waals surface area (Å²) in [5.74, 6) is -0.654. The number of hydrogen-bond donors (Lipinski definition) is 7. The zero-order valence-corrected chi connectivity index (χ0v) is 34.9. The van der Waals surface area contributed by atoms with Gasteiger partial charge in [-0.25, -0.2) is 9.59 Å². The van der Waals surface area contributed by atoms with Crippen molar-refractivity contribution in [2.45, 2.75) is 130 Å². The van der Waals surface area contributed by atoms with Gasteiger partial charge >= 0.3 is 12.2 Å². The molecule has 0 aliphatic carbocycles. The number of ether oxygens (including phenoxy) is 2. The minimum absolute atomic E-state index is 0.0400. The molecule has 17 heteroatoms. The van der Waals surface area contributed by atoms with E-state index in [-0.39, 0.29) is 37.0 Å². The van der Waals surface area contributed by atoms with E-state index in [0.29, 0.717) is 55.6 Å². The number of aryl methyl sites for hydroxylation is 2. The molecule has 318 valence electrons. The fourth-order valence-electron chi connectivity index (χ4n) is 5.97. The maximum absolute atomic E-state index is 14.4. The first-order chi connectivity index (χ1) is 27.2. The molecule has 0 saturated heterocycles. The van der Waals surface area contributed by atoms with E-state index >= 15 is 0 Å². The largest absolute Gasteiger partial charge is 0.508 e. The Morgan fingerprint density at radius 2 is 1.45 bits per heavy atom. The third-order valence-corrected chi connectivity index (χ3v) is 8.57. The van der Waals surface area contributed by atoms with Crippen LogP contribution in [0.1, 0.15) is 114 Å². The Kier molecular flexibility index (Phi) is 17.3. The number of guanidine groups is 1. The molecular weight excluding hydrogens is 747 g/mol. The van der Waals surface area contributed by atoms with Gasteiger partial charge in [-0.15, -0.1) is 0 Å². The van der Waals surface area contributed by atoms with Crippen LogP contribution in [0, 0.1) is 13.8 Å². The van der Waals surface area contributed by atoms with E-state index in [2.05, 4.69) is 36.4 Å². The number of aromatic nitrogens is 2. The number of unbranched alkanes of at least 4 members (excludes halogenated alkanes) is 1. The average molecular weight is 808 g/mol. The van der Waals surface area contributed by atoms with Crippen molar-refractivity contribution in [2.75, 3.05) is 13.1 Å². The van der Waals surface area contributed by atoms with Gasteiger partial charge in [0.05, 0.1) is 0 Å². The second kappa shape index (κ2) is 21.6. The molecule has 2 aromatic carbocycles. The van der Waals surface area contributed by atoms with Crippen LogP contribution in [-0.4, -0.2) is 81.6 Å². The van der Waals surface area contributed by atoms with Gasteiger partial charge < -0.3 is 51.8 Å². The molecular formula is C41H61N9O8. The summed E-state index contributed by atoms with van der Waals surface area (Å²) in [5, 5.41) is 25.7. The van der Waals surface area contributed by atoms with Crippen LogP contribution >= 0.6 is 0 Å². The third-order valence-electron chi connectivity index (χ3n) is 8.57. The lowest BCUT2D eigenvalue weighted by atomic mass is 9.95. The number of carbonyl (C=O) groups is 4. The highest BCUT2D eigenvalue weighted by Gasteiger charge is 2.31. The van der Waals surface area contributed by atoms with Crippen molar-refractivity contribution in [3.63, 3.8) is 0 Å². The van der Waals surface area contributed by atoms with E-state index in [9.17, 15) is 24.3 Å². The van der Waals surface area contributed by atoms with Crippen LogP contribution in [0.5, 0.6) is 5.75 Å². The Morgan fingerprint density at radius 3 is 2.07 bits per heavy atom. The quantitative estimate of drug-likeness (QED) is 0.0502. The first kappa shape index (κ1) is 46.5. The number of nitrogens with one attached hydrogen (secondary N) is 4. The number of aromatic hydroxyl groups is 1. The molecule has 58 heavy (non-hydrogen) atoms. The Hall–Kier alpha value is -5.87. The van der Waals surface area contributed by atoms with Crippen molar-refractivity contribution in [1.82, 2.24) is 31.4 Å². The minimum Gasteiger partial charge on any atom is -0.508 e. The van der Waals surface area contributed by atoms with E-state index < -0.39 is 53.3 Å². The van der Waals surface area contributed by atoms with Crippen molar-refractivity contribution in [1.29, 1.82) is 0 Å². The van der Waals surface area contributed by atoms with Gasteiger partial charge in [0, 0.05) is 25.9 Å². The highest BCUT2D eigenvalue weighted by Crippen LogP contribution is 2.24. The zero-order chi connectivity index (χ0) is 43.0. The number of alkyl carbamates (subject to hydrolysis) is 2. The number of nitrogens with zero attached hydrogens (tertiary/aromatic N) is 3. The number of hydrogen-bond acceptors (Lipinski definition) is 11. The number of aliphatic imine (C=N–C) groups is 1. The summed E-state index contributed by atoms with van der Waals surface area (Å²) >= 11 is 0. The summed E-state index contributed by atoms with van der Waals surface area (Å²) in [7, 11) is 0. The molecule has 0 bridgehead atoms. The van der Waals surface area contributed by atoms with Gasteiger partial charge in [-0.3, -0.25) is 14.6 Å². The number of carbonyl (C=O) groups excluding carboxylic acids is 4. The molecule has 17 nitrogen and oxygen atoms in total. The maximum Gasteiger partial charge on any atom is 0.408 e. The van der Waals surface area contributed by atoms with Crippen molar-refractivity contribution in [3.05, 3.63) is 76.4 Å². The summed E-state index contributed by atoms with van der Waals surface area (Å²) in [6.45, 7) is 14.6. The fraction of sp³-hybridized carbons (Fsp3) is 0.537. The SMILES string of the molecule is Cc1cc(O)cc(C)c1C[C@@H](NC(=O)[C@@H](CCCN=C(N)N)NC(=O)OC(C)(C)C)C(=O)N[C@H](CCCCNC(=O)OC(C)(C)C)c1nc(Cc2ccccc2)no1. The van der Waals surface area contributed by atoms with E-state index in [0.717, 1.165) is 11.1 Å². The zero-order valence-electron chi connectivity index (χ0n) is 34.9. The van der Waals surface area contributed by atoms with Crippen LogP contribution in [0.2, 0.25) is 0 Å². The second-order valence-electron chi connectivity index (χ2n) is 16.2. The van der Waals surface area contributed by atoms with E-state index in [1.165, 1.54) is 0 Å². The highest BCUT2D eigenvalue weighted by molar-refractivity contribution is 5.91. The Morgan fingerprint density at radius 1 is 0.828 bits per heavy atom. The Balaban J connectivity index is 1.91. The summed E-state index contributed by atoms with van der Waals surface area (Å²) in [6.07, 6.45) is 0.962. The van der Waals surface area contributed by atoms with Gasteiger partial charge in [-0.2, -0.15) is 4.98 Å². The number of benzene rings is 2. The molecule has 1 heterocycles. The first-order valence-corrected chi connectivity index (χ1v) is 19.5. The van der Waals surface area contributed by atoms with Crippen LogP contribution in [0.25, 0.3) is 0 Å². The fourth-order valence-corrected chi connectivity index (χ4v) is 5.97. The lowest BCUT2D eigenvalue weighted by Gasteiger charge is -2.27. The van der Waals surface area contributed by atoms with Crippen LogP contribution in [0.15, 0.2) is 52.0 Å². The highest BCUT2D eigenvalue weighted by atomic mass is 16.6. The predicted molar refractivity (Wildman–Crippen MR) is 219 cm³/mol. The maximum atomic E-state index is 14.4. The van der Waals surface area contributed by atoms with Crippen LogP contribution in [-0.2, 0) is 31.9 Å². The number of rotatable bonds is 19. The Labute approximate surface area is 340 Å². The van der Waals surface area contributed by atoms with E-state index in [1.54, 1.807) is 67.5 Å². The summed E-state index contributed by atoms with van der Waals surface area (Å²) in [4.78, 5) is 62.2. The molecule has 0 aliphatic heterocycles. The molecule has 1 aromatic heterocycles. The summed E-state index contributed by atoms with van der Waals surface area (Å²) < 4.78 is 16.5.